The quantitative estimate of drug-likeness (QED) is 0.0993. The van der Waals surface area contributed by atoms with Crippen LogP contribution in [0.4, 0.5) is 36.5 Å². The van der Waals surface area contributed by atoms with Crippen molar-refractivity contribution in [1.82, 2.24) is 14.9 Å². The second-order valence-electron chi connectivity index (χ2n) is 18.0. The van der Waals surface area contributed by atoms with E-state index in [0.717, 1.165) is 16.8 Å². The van der Waals surface area contributed by atoms with Gasteiger partial charge < -0.3 is 29.4 Å². The number of ether oxygens (including phenoxy) is 1. The van der Waals surface area contributed by atoms with Crippen LogP contribution in [0.15, 0.2) is 155 Å². The number of carbonyl (C=O) groups is 3. The fourth-order valence-electron chi connectivity index (χ4n) is 9.77. The highest BCUT2D eigenvalue weighted by molar-refractivity contribution is 7.93. The summed E-state index contributed by atoms with van der Waals surface area (Å²) in [6.45, 7) is 10.00. The minimum atomic E-state index is -3.91. The summed E-state index contributed by atoms with van der Waals surface area (Å²) < 4.78 is 75.4. The van der Waals surface area contributed by atoms with Crippen molar-refractivity contribution in [1.29, 1.82) is 0 Å². The van der Waals surface area contributed by atoms with Crippen LogP contribution in [0.1, 0.15) is 36.8 Å². The number of sulfonamides is 2. The zero-order valence-electron chi connectivity index (χ0n) is 40.1. The summed E-state index contributed by atoms with van der Waals surface area (Å²) in [6, 6.07) is 26.2. The lowest BCUT2D eigenvalue weighted by Crippen LogP contribution is -2.49. The largest absolute Gasteiger partial charge is 0.445 e. The first-order chi connectivity index (χ1) is 35.6. The molecule has 3 amide bonds. The monoisotopic (exact) mass is 1080 g/mol. The molecule has 4 aliphatic heterocycles. The van der Waals surface area contributed by atoms with Gasteiger partial charge in [-0.25, -0.2) is 44.6 Å². The summed E-state index contributed by atoms with van der Waals surface area (Å²) in [4.78, 5) is 54.1. The van der Waals surface area contributed by atoms with Gasteiger partial charge in [-0.1, -0.05) is 42.5 Å². The number of amides is 3. The molecule has 1 spiro atoms. The van der Waals surface area contributed by atoms with E-state index < -0.39 is 37.6 Å². The van der Waals surface area contributed by atoms with Gasteiger partial charge in [0.05, 0.1) is 22.9 Å². The predicted octanol–water partition coefficient (Wildman–Crippen LogP) is 7.58. The molecule has 2 atom stereocenters. The first-order valence-electron chi connectivity index (χ1n) is 23.7. The molecule has 0 bridgehead atoms. The van der Waals surface area contributed by atoms with Gasteiger partial charge in [-0.15, -0.1) is 35.8 Å². The second-order valence-corrected chi connectivity index (χ2v) is 23.4. The molecular weight excluding hydrogens is 1030 g/mol. The smallest absolute Gasteiger partial charge is 0.410 e. The van der Waals surface area contributed by atoms with Crippen molar-refractivity contribution < 1.29 is 45.5 Å². The summed E-state index contributed by atoms with van der Waals surface area (Å²) in [5.74, 6) is -0.798. The molecule has 4 aliphatic rings. The normalized spacial score (nSPS) is 18.2. The van der Waals surface area contributed by atoms with Gasteiger partial charge in [-0.2, -0.15) is 0 Å². The number of piperidine rings is 1. The molecule has 0 aliphatic carbocycles. The van der Waals surface area contributed by atoms with E-state index in [1.54, 1.807) is 69.4 Å². The first-order valence-corrected chi connectivity index (χ1v) is 28.4. The zero-order valence-corrected chi connectivity index (χ0v) is 43.3. The molecule has 1 N–H and O–H groups in total. The van der Waals surface area contributed by atoms with Gasteiger partial charge in [0.1, 0.15) is 24.6 Å². The topological polar surface area (TPSA) is 194 Å². The van der Waals surface area contributed by atoms with E-state index >= 15 is 0 Å². The third-order valence-electron chi connectivity index (χ3n) is 13.6. The van der Waals surface area contributed by atoms with Gasteiger partial charge in [0.25, 0.3) is 26.0 Å². The maximum absolute atomic E-state index is 14.7. The molecule has 0 saturated carbocycles. The summed E-state index contributed by atoms with van der Waals surface area (Å²) in [5, 5.41) is 13.7. The molecule has 74 heavy (non-hydrogen) atoms. The minimum absolute atomic E-state index is 0.0724. The van der Waals surface area contributed by atoms with E-state index in [9.17, 15) is 40.7 Å². The highest BCUT2D eigenvalue weighted by Crippen LogP contribution is 2.49. The summed E-state index contributed by atoms with van der Waals surface area (Å²) in [7, 11) is -7.70. The summed E-state index contributed by atoms with van der Waals surface area (Å²) >= 11 is 2.45. The van der Waals surface area contributed by atoms with Gasteiger partial charge in [-0.05, 0) is 97.1 Å². The number of hydrogen-bond acceptors (Lipinski definition) is 14. The van der Waals surface area contributed by atoms with E-state index in [4.69, 9.17) is 4.74 Å². The van der Waals surface area contributed by atoms with Crippen LogP contribution in [-0.4, -0.2) is 113 Å². The lowest BCUT2D eigenvalue weighted by Gasteiger charge is -2.40. The molecule has 386 valence electrons. The Kier molecular flexibility index (Phi) is 15.3. The Morgan fingerprint density at radius 2 is 1.30 bits per heavy atom. The van der Waals surface area contributed by atoms with E-state index in [0.29, 0.717) is 80.0 Å². The van der Waals surface area contributed by atoms with E-state index in [-0.39, 0.29) is 53.2 Å². The van der Waals surface area contributed by atoms with Gasteiger partial charge in [0.15, 0.2) is 10.3 Å². The van der Waals surface area contributed by atoms with E-state index in [2.05, 4.69) is 28.0 Å². The lowest BCUT2D eigenvalue weighted by atomic mass is 9.74. The third kappa shape index (κ3) is 10.4. The third-order valence-corrected chi connectivity index (χ3v) is 18.9. The van der Waals surface area contributed by atoms with Crippen LogP contribution < -0.4 is 23.3 Å². The van der Waals surface area contributed by atoms with Crippen LogP contribution in [0.25, 0.3) is 0 Å². The van der Waals surface area contributed by atoms with Gasteiger partial charge in [0, 0.05) is 84.8 Å². The van der Waals surface area contributed by atoms with Crippen molar-refractivity contribution >= 4 is 88.0 Å². The zero-order chi connectivity index (χ0) is 52.2. The standard InChI is InChI=1S/C36H36FN5O5S2.C16H17N3O4S2/c1-2-18-42(34-38-17-22-48-34)49(45,46)29-11-9-28(10-12-29)40-19-14-32(33(40)43)41-25-36(30-23-27(37)8-13-31(30)41)15-20-39(21-16-36)35(44)47-24-26-6-4-3-5-7-26;1-2-9-19(16-17-8-11-24-16)25(22,23)13-5-3-12(4-6-13)18-10-7-14(20)15(18)21/h2-13,17,22-23,32H,1,14-16,18-21,24-25H2;2-6,8,11,14,20H,1,7,9-10H2/t32-;14-/m01/s1. The van der Waals surface area contributed by atoms with Crippen molar-refractivity contribution in [3.05, 3.63) is 162 Å². The molecule has 17 nitrogen and oxygen atoms in total. The van der Waals surface area contributed by atoms with E-state index in [1.165, 1.54) is 78.7 Å². The Labute approximate surface area is 437 Å². The van der Waals surface area contributed by atoms with Crippen LogP contribution in [0, 0.1) is 5.82 Å². The highest BCUT2D eigenvalue weighted by Gasteiger charge is 2.50. The molecule has 22 heteroatoms. The number of rotatable bonds is 15. The number of likely N-dealkylation sites (tertiary alicyclic amines) is 1. The van der Waals surface area contributed by atoms with Crippen molar-refractivity contribution in [2.45, 2.75) is 59.6 Å². The second kappa shape index (κ2) is 21.9. The van der Waals surface area contributed by atoms with Crippen LogP contribution in [0.3, 0.4) is 0 Å². The van der Waals surface area contributed by atoms with Crippen LogP contribution in [0.5, 0.6) is 0 Å². The summed E-state index contributed by atoms with van der Waals surface area (Å²) in [6.07, 6.45) is 6.90. The fraction of sp³-hybridized carbons (Fsp3) is 0.288. The molecule has 6 heterocycles. The molecule has 0 radical (unpaired) electrons. The number of thiazole rings is 2. The average Bonchev–Trinajstić information content (AvgIpc) is 4.30. The maximum Gasteiger partial charge on any atom is 0.410 e. The number of nitrogens with zero attached hydrogens (tertiary/aromatic N) is 8. The minimum Gasteiger partial charge on any atom is -0.445 e. The molecule has 3 saturated heterocycles. The van der Waals surface area contributed by atoms with Gasteiger partial charge in [0.2, 0.25) is 5.91 Å². The van der Waals surface area contributed by atoms with Gasteiger partial charge in [-0.3, -0.25) is 9.59 Å². The molecule has 0 unspecified atom stereocenters. The van der Waals surface area contributed by atoms with Crippen LogP contribution in [0.2, 0.25) is 0 Å². The van der Waals surface area contributed by atoms with Crippen molar-refractivity contribution in [2.24, 2.45) is 0 Å². The number of hydrogen-bond donors (Lipinski definition) is 1. The van der Waals surface area contributed by atoms with Crippen molar-refractivity contribution in [3.63, 3.8) is 0 Å². The number of aliphatic hydroxyl groups is 1. The fourth-order valence-corrected chi connectivity index (χ4v) is 14.3. The highest BCUT2D eigenvalue weighted by atomic mass is 32.2. The maximum atomic E-state index is 14.7. The number of halogens is 1. The Morgan fingerprint density at radius 3 is 1.80 bits per heavy atom. The molecule has 3 fully saturated rings. The number of aromatic nitrogens is 2. The molecular formula is C52H53FN8O9S4. The average molecular weight is 1080 g/mol. The SMILES string of the molecule is C=CCN(c1nccs1)S(=O)(=O)c1ccc(N2CC[C@@H](O)C2=O)cc1.C=CCN(c1nccs1)S(=O)(=O)c1ccc(N2CC[C@H](N3CC4(CCN(C(=O)OCc5ccccc5)CC4)c4cc(F)ccc43)C2=O)cc1. The molecule has 2 aromatic heterocycles. The number of aliphatic hydroxyl groups excluding tert-OH is 1. The Bertz CT molecular complexity index is 3210. The van der Waals surface area contributed by atoms with Crippen molar-refractivity contribution in [2.75, 3.05) is 69.1 Å². The van der Waals surface area contributed by atoms with Crippen LogP contribution >= 0.6 is 22.7 Å². The Morgan fingerprint density at radius 1 is 0.757 bits per heavy atom. The van der Waals surface area contributed by atoms with Crippen molar-refractivity contribution in [3.8, 4) is 0 Å². The Balaban J connectivity index is 0.000000226. The number of benzene rings is 4. The molecule has 10 rings (SSSR count). The van der Waals surface area contributed by atoms with Crippen LogP contribution in [-0.2, 0) is 46.4 Å². The predicted molar refractivity (Wildman–Crippen MR) is 283 cm³/mol. The lowest BCUT2D eigenvalue weighted by molar-refractivity contribution is -0.124. The first kappa shape index (κ1) is 51.9. The Hall–Kier alpha value is -6.98. The molecule has 6 aromatic rings. The number of fused-ring (bicyclic) bond motifs is 2. The number of anilines is 5. The molecule has 4 aromatic carbocycles. The van der Waals surface area contributed by atoms with E-state index in [1.807, 2.05) is 30.3 Å². The number of carbonyl (C=O) groups excluding carboxylic acids is 3. The summed E-state index contributed by atoms with van der Waals surface area (Å²) in [5.41, 5.74) is 3.38. The van der Waals surface area contributed by atoms with Gasteiger partial charge >= 0.3 is 6.09 Å².